The molecule has 0 aromatic heterocycles. The number of anilines is 1. The average Bonchev–Trinajstić information content (AvgIpc) is 3.03. The summed E-state index contributed by atoms with van der Waals surface area (Å²) in [7, 11) is 0. The van der Waals surface area contributed by atoms with Crippen LogP contribution in [0.4, 0.5) is 5.69 Å². The maximum atomic E-state index is 13.0. The Morgan fingerprint density at radius 1 is 1.18 bits per heavy atom. The summed E-state index contributed by atoms with van der Waals surface area (Å²) < 4.78 is 17.3. The van der Waals surface area contributed by atoms with Crippen molar-refractivity contribution in [3.8, 4) is 5.75 Å². The minimum absolute atomic E-state index is 0.191. The van der Waals surface area contributed by atoms with Gasteiger partial charge in [0.25, 0.3) is 0 Å². The molecule has 6 nitrogen and oxygen atoms in total. The van der Waals surface area contributed by atoms with Gasteiger partial charge in [0, 0.05) is 29.6 Å². The summed E-state index contributed by atoms with van der Waals surface area (Å²) in [5.41, 5.74) is 3.26. The summed E-state index contributed by atoms with van der Waals surface area (Å²) in [5.74, 6) is 0.834. The number of hydrogen-bond acceptors (Lipinski definition) is 6. The Balaban J connectivity index is 1.48. The second-order valence-corrected chi connectivity index (χ2v) is 12.8. The van der Waals surface area contributed by atoms with Gasteiger partial charge in [-0.3, -0.25) is 0 Å². The van der Waals surface area contributed by atoms with Crippen molar-refractivity contribution < 1.29 is 23.8 Å². The normalized spacial score (nSPS) is 24.0. The molecule has 3 atom stereocenters. The number of halogens is 1. The number of carbonyl (C=O) groups excluding carboxylic acids is 2. The van der Waals surface area contributed by atoms with Crippen LogP contribution in [0, 0.1) is 11.8 Å². The molecule has 2 aromatic rings. The van der Waals surface area contributed by atoms with Gasteiger partial charge in [0.15, 0.2) is 0 Å². The molecule has 0 bridgehead atoms. The predicted octanol–water partition coefficient (Wildman–Crippen LogP) is 6.91. The van der Waals surface area contributed by atoms with Crippen LogP contribution in [-0.4, -0.2) is 43.8 Å². The topological polar surface area (TPSA) is 65.1 Å². The summed E-state index contributed by atoms with van der Waals surface area (Å²) >= 11 is 6.39. The number of fused-ring (bicyclic) bond motifs is 3. The first kappa shape index (κ1) is 28.5. The van der Waals surface area contributed by atoms with Crippen molar-refractivity contribution in [2.45, 2.75) is 70.8 Å². The van der Waals surface area contributed by atoms with Gasteiger partial charge in [-0.25, -0.2) is 9.59 Å². The van der Waals surface area contributed by atoms with Crippen LogP contribution in [0.5, 0.6) is 5.75 Å². The van der Waals surface area contributed by atoms with Gasteiger partial charge < -0.3 is 19.1 Å². The maximum Gasteiger partial charge on any atom is 0.338 e. The lowest BCUT2D eigenvalue weighted by Gasteiger charge is -2.44. The number of allylic oxidation sites excluding steroid dienone is 1. The third kappa shape index (κ3) is 6.17. The zero-order valence-electron chi connectivity index (χ0n) is 24.0. The first-order valence-corrected chi connectivity index (χ1v) is 14.8. The zero-order chi connectivity index (χ0) is 28.5. The van der Waals surface area contributed by atoms with E-state index in [9.17, 15) is 9.59 Å². The van der Waals surface area contributed by atoms with E-state index in [0.717, 1.165) is 61.7 Å². The molecule has 1 spiro atoms. The van der Waals surface area contributed by atoms with Gasteiger partial charge in [-0.15, -0.1) is 0 Å². The standard InChI is InChI=1S/C33H40ClNO5/c1-5-38-30(36)15-11-22-8-9-25(22)19-35-20-33(16-6-7-23-17-26(34)12-13-27(23)33)21-39-29-14-10-24(18-28(29)35)31(37)40-32(2,3)4/h10-15,17-18,22,25H,5-9,16,19-21H2,1-4H3/b15-11+/t22-,25-,33?/m0/s1. The first-order chi connectivity index (χ1) is 19.1. The Hall–Kier alpha value is -2.99. The van der Waals surface area contributed by atoms with Gasteiger partial charge in [0.05, 0.1) is 24.5 Å². The highest BCUT2D eigenvalue weighted by molar-refractivity contribution is 6.30. The molecule has 40 heavy (non-hydrogen) atoms. The number of nitrogens with zero attached hydrogens (tertiary/aromatic N) is 1. The van der Waals surface area contributed by atoms with Crippen molar-refractivity contribution in [2.24, 2.45) is 11.8 Å². The van der Waals surface area contributed by atoms with Gasteiger partial charge >= 0.3 is 11.9 Å². The van der Waals surface area contributed by atoms with Crippen LogP contribution in [0.2, 0.25) is 5.02 Å². The smallest absolute Gasteiger partial charge is 0.338 e. The third-order valence-corrected chi connectivity index (χ3v) is 8.60. The molecule has 2 aliphatic carbocycles. The number of hydrogen-bond donors (Lipinski definition) is 0. The Kier molecular flexibility index (Phi) is 8.19. The molecule has 7 heteroatoms. The Morgan fingerprint density at radius 3 is 2.73 bits per heavy atom. The highest BCUT2D eigenvalue weighted by Gasteiger charge is 2.43. The SMILES string of the molecule is CCOC(=O)/C=C/[C@@H]1CC[C@H]1CN1CC2(CCCc3cc(Cl)ccc32)COc2ccc(C(=O)OC(C)(C)C)cc21. The molecule has 1 heterocycles. The van der Waals surface area contributed by atoms with Gasteiger partial charge in [0.1, 0.15) is 11.4 Å². The van der Waals surface area contributed by atoms with Crippen molar-refractivity contribution in [2.75, 3.05) is 31.2 Å². The molecule has 3 aliphatic rings. The van der Waals surface area contributed by atoms with Crippen LogP contribution < -0.4 is 9.64 Å². The predicted molar refractivity (Wildman–Crippen MR) is 157 cm³/mol. The van der Waals surface area contributed by atoms with E-state index in [1.165, 1.54) is 11.1 Å². The Morgan fingerprint density at radius 2 is 2.00 bits per heavy atom. The van der Waals surface area contributed by atoms with E-state index in [0.29, 0.717) is 30.6 Å². The van der Waals surface area contributed by atoms with Crippen LogP contribution in [0.15, 0.2) is 48.6 Å². The van der Waals surface area contributed by atoms with Crippen LogP contribution in [0.25, 0.3) is 0 Å². The minimum atomic E-state index is -0.582. The minimum Gasteiger partial charge on any atom is -0.490 e. The molecular weight excluding hydrogens is 526 g/mol. The summed E-state index contributed by atoms with van der Waals surface area (Å²) in [5, 5.41) is 0.762. The highest BCUT2D eigenvalue weighted by Crippen LogP contribution is 2.46. The lowest BCUT2D eigenvalue weighted by Crippen LogP contribution is -2.48. The van der Waals surface area contributed by atoms with Crippen molar-refractivity contribution >= 4 is 29.2 Å². The zero-order valence-corrected chi connectivity index (χ0v) is 24.8. The molecule has 1 fully saturated rings. The van der Waals surface area contributed by atoms with Gasteiger partial charge in [-0.1, -0.05) is 23.7 Å². The molecule has 0 saturated heterocycles. The van der Waals surface area contributed by atoms with Gasteiger partial charge in [-0.2, -0.15) is 0 Å². The quantitative estimate of drug-likeness (QED) is 0.280. The fraction of sp³-hybridized carbons (Fsp3) is 0.515. The summed E-state index contributed by atoms with van der Waals surface area (Å²) in [4.78, 5) is 27.4. The molecule has 0 N–H and O–H groups in total. The molecule has 1 unspecified atom stereocenters. The fourth-order valence-corrected chi connectivity index (χ4v) is 6.52. The largest absolute Gasteiger partial charge is 0.490 e. The number of esters is 2. The average molecular weight is 566 g/mol. The maximum absolute atomic E-state index is 13.0. The lowest BCUT2D eigenvalue weighted by molar-refractivity contribution is -0.137. The summed E-state index contributed by atoms with van der Waals surface area (Å²) in [6.45, 7) is 9.95. The van der Waals surface area contributed by atoms with E-state index in [1.807, 2.05) is 52.0 Å². The summed E-state index contributed by atoms with van der Waals surface area (Å²) in [6.07, 6.45) is 8.80. The molecule has 1 aliphatic heterocycles. The van der Waals surface area contributed by atoms with E-state index in [4.69, 9.17) is 25.8 Å². The van der Waals surface area contributed by atoms with E-state index in [1.54, 1.807) is 12.1 Å². The summed E-state index contributed by atoms with van der Waals surface area (Å²) in [6, 6.07) is 11.9. The van der Waals surface area contributed by atoms with Crippen LogP contribution in [0.1, 0.15) is 74.9 Å². The molecule has 2 aromatic carbocycles. The Labute approximate surface area is 242 Å². The van der Waals surface area contributed by atoms with Crippen molar-refractivity contribution in [3.63, 3.8) is 0 Å². The van der Waals surface area contributed by atoms with E-state index >= 15 is 0 Å². The number of carbonyl (C=O) groups is 2. The molecule has 5 rings (SSSR count). The fourth-order valence-electron chi connectivity index (χ4n) is 6.33. The first-order valence-electron chi connectivity index (χ1n) is 14.5. The molecule has 214 valence electrons. The number of benzene rings is 2. The molecule has 1 saturated carbocycles. The van der Waals surface area contributed by atoms with Gasteiger partial charge in [-0.05, 0) is 113 Å². The second kappa shape index (κ2) is 11.5. The third-order valence-electron chi connectivity index (χ3n) is 8.37. The highest BCUT2D eigenvalue weighted by atomic mass is 35.5. The van der Waals surface area contributed by atoms with E-state index in [-0.39, 0.29) is 17.4 Å². The van der Waals surface area contributed by atoms with Gasteiger partial charge in [0.2, 0.25) is 0 Å². The number of rotatable bonds is 6. The molecular formula is C33H40ClNO5. The molecule has 0 radical (unpaired) electrons. The lowest BCUT2D eigenvalue weighted by atomic mass is 9.69. The van der Waals surface area contributed by atoms with Crippen LogP contribution in [-0.2, 0) is 26.1 Å². The van der Waals surface area contributed by atoms with Crippen LogP contribution in [0.3, 0.4) is 0 Å². The Bertz CT molecular complexity index is 1300. The van der Waals surface area contributed by atoms with Crippen molar-refractivity contribution in [1.82, 2.24) is 0 Å². The van der Waals surface area contributed by atoms with Crippen molar-refractivity contribution in [3.05, 3.63) is 70.3 Å². The van der Waals surface area contributed by atoms with E-state index < -0.39 is 5.60 Å². The van der Waals surface area contributed by atoms with Crippen molar-refractivity contribution in [1.29, 1.82) is 0 Å². The van der Waals surface area contributed by atoms with Crippen LogP contribution >= 0.6 is 11.6 Å². The van der Waals surface area contributed by atoms with E-state index in [2.05, 4.69) is 17.0 Å². The second-order valence-electron chi connectivity index (χ2n) is 12.4. The number of ether oxygens (including phenoxy) is 3. The monoisotopic (exact) mass is 565 g/mol. The molecule has 0 amide bonds. The number of aryl methyl sites for hydroxylation is 1.